The molecule has 94 valence electrons. The molecule has 1 aromatic rings. The Kier molecular flexibility index (Phi) is 4.00. The van der Waals surface area contributed by atoms with Crippen molar-refractivity contribution in [1.82, 2.24) is 4.98 Å². The van der Waals surface area contributed by atoms with Crippen LogP contribution in [0.4, 0.5) is 5.69 Å². The summed E-state index contributed by atoms with van der Waals surface area (Å²) >= 11 is 0. The van der Waals surface area contributed by atoms with E-state index in [1.165, 1.54) is 32.1 Å². The van der Waals surface area contributed by atoms with Crippen molar-refractivity contribution in [2.45, 2.75) is 51.2 Å². The van der Waals surface area contributed by atoms with Crippen molar-refractivity contribution < 1.29 is 5.11 Å². The molecule has 0 aliphatic heterocycles. The maximum atomic E-state index is 9.43. The van der Waals surface area contributed by atoms with Gasteiger partial charge in [0.05, 0.1) is 23.7 Å². The SMILES string of the molecule is CC(O)c1ccc(N(C)C2CCCCC2)cn1. The highest BCUT2D eigenvalue weighted by atomic mass is 16.3. The molecule has 0 saturated heterocycles. The molecule has 2 rings (SSSR count). The van der Waals surface area contributed by atoms with Crippen LogP contribution < -0.4 is 4.90 Å². The number of rotatable bonds is 3. The molecule has 0 radical (unpaired) electrons. The molecular formula is C14H22N2O. The molecule has 1 fully saturated rings. The number of aliphatic hydroxyl groups excluding tert-OH is 1. The van der Waals surface area contributed by atoms with Gasteiger partial charge in [0.2, 0.25) is 0 Å². The summed E-state index contributed by atoms with van der Waals surface area (Å²) in [4.78, 5) is 6.63. The van der Waals surface area contributed by atoms with Crippen LogP contribution in [0.2, 0.25) is 0 Å². The number of hydrogen-bond donors (Lipinski definition) is 1. The predicted octanol–water partition coefficient (Wildman–Crippen LogP) is 2.90. The van der Waals surface area contributed by atoms with Crippen molar-refractivity contribution in [1.29, 1.82) is 0 Å². The minimum Gasteiger partial charge on any atom is -0.387 e. The van der Waals surface area contributed by atoms with Gasteiger partial charge in [-0.2, -0.15) is 0 Å². The topological polar surface area (TPSA) is 36.4 Å². The lowest BCUT2D eigenvalue weighted by Crippen LogP contribution is -2.33. The van der Waals surface area contributed by atoms with Gasteiger partial charge in [-0.1, -0.05) is 19.3 Å². The zero-order valence-corrected chi connectivity index (χ0v) is 10.8. The number of hydrogen-bond acceptors (Lipinski definition) is 3. The minimum absolute atomic E-state index is 0.482. The summed E-state index contributed by atoms with van der Waals surface area (Å²) in [5.74, 6) is 0. The highest BCUT2D eigenvalue weighted by Gasteiger charge is 2.18. The first-order valence-corrected chi connectivity index (χ1v) is 6.55. The Balaban J connectivity index is 2.05. The van der Waals surface area contributed by atoms with Crippen molar-refractivity contribution >= 4 is 5.69 Å². The van der Waals surface area contributed by atoms with Crippen LogP contribution in [0.15, 0.2) is 18.3 Å². The molecule has 0 aromatic carbocycles. The quantitative estimate of drug-likeness (QED) is 0.873. The molecule has 0 amide bonds. The number of aromatic nitrogens is 1. The second-order valence-electron chi connectivity index (χ2n) is 5.02. The Morgan fingerprint density at radius 2 is 2.00 bits per heavy atom. The van der Waals surface area contributed by atoms with E-state index < -0.39 is 6.10 Å². The fourth-order valence-electron chi connectivity index (χ4n) is 2.53. The Hall–Kier alpha value is -1.09. The zero-order chi connectivity index (χ0) is 12.3. The fourth-order valence-corrected chi connectivity index (χ4v) is 2.53. The van der Waals surface area contributed by atoms with Gasteiger partial charge in [-0.05, 0) is 31.9 Å². The van der Waals surface area contributed by atoms with Crippen molar-refractivity contribution in [2.75, 3.05) is 11.9 Å². The molecule has 1 saturated carbocycles. The Bertz CT molecular complexity index is 342. The van der Waals surface area contributed by atoms with Gasteiger partial charge < -0.3 is 10.0 Å². The summed E-state index contributed by atoms with van der Waals surface area (Å²) < 4.78 is 0. The summed E-state index contributed by atoms with van der Waals surface area (Å²) in [6.07, 6.45) is 8.02. The van der Waals surface area contributed by atoms with Crippen molar-refractivity contribution in [3.05, 3.63) is 24.0 Å². The first-order valence-electron chi connectivity index (χ1n) is 6.55. The Morgan fingerprint density at radius 3 is 2.53 bits per heavy atom. The third kappa shape index (κ3) is 2.97. The van der Waals surface area contributed by atoms with Crippen LogP contribution in [-0.4, -0.2) is 23.2 Å². The molecule has 1 aliphatic rings. The third-order valence-corrected chi connectivity index (χ3v) is 3.73. The predicted molar refractivity (Wildman–Crippen MR) is 70.1 cm³/mol. The molecule has 3 nitrogen and oxygen atoms in total. The summed E-state index contributed by atoms with van der Waals surface area (Å²) in [7, 11) is 2.15. The van der Waals surface area contributed by atoms with E-state index in [-0.39, 0.29) is 0 Å². The molecule has 1 unspecified atom stereocenters. The van der Waals surface area contributed by atoms with Crippen LogP contribution in [0.3, 0.4) is 0 Å². The lowest BCUT2D eigenvalue weighted by molar-refractivity contribution is 0.194. The summed E-state index contributed by atoms with van der Waals surface area (Å²) in [6.45, 7) is 1.74. The highest BCUT2D eigenvalue weighted by Crippen LogP contribution is 2.26. The van der Waals surface area contributed by atoms with Gasteiger partial charge in [0.15, 0.2) is 0 Å². The van der Waals surface area contributed by atoms with Crippen LogP contribution >= 0.6 is 0 Å². The summed E-state index contributed by atoms with van der Waals surface area (Å²) in [5, 5.41) is 9.43. The molecule has 0 bridgehead atoms. The van der Waals surface area contributed by atoms with Crippen molar-refractivity contribution in [3.63, 3.8) is 0 Å². The molecule has 0 spiro atoms. The van der Waals surface area contributed by atoms with Crippen molar-refractivity contribution in [3.8, 4) is 0 Å². The van der Waals surface area contributed by atoms with Crippen LogP contribution in [0.5, 0.6) is 0 Å². The van der Waals surface area contributed by atoms with Gasteiger partial charge in [-0.3, -0.25) is 4.98 Å². The Labute approximate surface area is 103 Å². The van der Waals surface area contributed by atoms with Crippen LogP contribution in [0, 0.1) is 0 Å². The van der Waals surface area contributed by atoms with E-state index in [9.17, 15) is 5.11 Å². The average Bonchev–Trinajstić information content (AvgIpc) is 2.39. The van der Waals surface area contributed by atoms with Crippen LogP contribution in [-0.2, 0) is 0 Å². The van der Waals surface area contributed by atoms with E-state index >= 15 is 0 Å². The van der Waals surface area contributed by atoms with Gasteiger partial charge >= 0.3 is 0 Å². The van der Waals surface area contributed by atoms with E-state index in [0.717, 1.165) is 11.4 Å². The zero-order valence-electron chi connectivity index (χ0n) is 10.8. The van der Waals surface area contributed by atoms with Gasteiger partial charge in [0.1, 0.15) is 0 Å². The highest BCUT2D eigenvalue weighted by molar-refractivity contribution is 5.45. The number of nitrogens with zero attached hydrogens (tertiary/aromatic N) is 2. The standard InChI is InChI=1S/C14H22N2O/c1-11(17)14-9-8-13(10-15-14)16(2)12-6-4-3-5-7-12/h8-12,17H,3-7H2,1-2H3. The number of anilines is 1. The third-order valence-electron chi connectivity index (χ3n) is 3.73. The molecular weight excluding hydrogens is 212 g/mol. The van der Waals surface area contributed by atoms with E-state index in [4.69, 9.17) is 0 Å². The number of aliphatic hydroxyl groups is 1. The van der Waals surface area contributed by atoms with Gasteiger partial charge in [0, 0.05) is 13.1 Å². The maximum absolute atomic E-state index is 9.43. The van der Waals surface area contributed by atoms with Crippen LogP contribution in [0.25, 0.3) is 0 Å². The smallest absolute Gasteiger partial charge is 0.0931 e. The van der Waals surface area contributed by atoms with E-state index in [1.54, 1.807) is 6.92 Å². The average molecular weight is 234 g/mol. The molecule has 1 N–H and O–H groups in total. The molecule has 17 heavy (non-hydrogen) atoms. The van der Waals surface area contributed by atoms with Crippen molar-refractivity contribution in [2.24, 2.45) is 0 Å². The first kappa shape index (κ1) is 12.4. The van der Waals surface area contributed by atoms with E-state index in [2.05, 4.69) is 23.0 Å². The largest absolute Gasteiger partial charge is 0.387 e. The lowest BCUT2D eigenvalue weighted by Gasteiger charge is -2.32. The molecule has 1 atom stereocenters. The monoisotopic (exact) mass is 234 g/mol. The van der Waals surface area contributed by atoms with Gasteiger partial charge in [-0.25, -0.2) is 0 Å². The maximum Gasteiger partial charge on any atom is 0.0931 e. The second kappa shape index (κ2) is 5.50. The summed E-state index contributed by atoms with van der Waals surface area (Å²) in [5.41, 5.74) is 1.90. The van der Waals surface area contributed by atoms with Gasteiger partial charge in [0.25, 0.3) is 0 Å². The van der Waals surface area contributed by atoms with Crippen LogP contribution in [0.1, 0.15) is 50.8 Å². The minimum atomic E-state index is -0.482. The molecule has 1 heterocycles. The van der Waals surface area contributed by atoms with Gasteiger partial charge in [-0.15, -0.1) is 0 Å². The lowest BCUT2D eigenvalue weighted by atomic mass is 9.94. The fraction of sp³-hybridized carbons (Fsp3) is 0.643. The normalized spacial score (nSPS) is 19.0. The van der Waals surface area contributed by atoms with E-state index in [1.807, 2.05) is 12.3 Å². The molecule has 3 heteroatoms. The summed E-state index contributed by atoms with van der Waals surface area (Å²) in [6, 6.07) is 4.63. The molecule has 1 aromatic heterocycles. The second-order valence-corrected chi connectivity index (χ2v) is 5.02. The first-order chi connectivity index (χ1) is 8.18. The Morgan fingerprint density at radius 1 is 1.29 bits per heavy atom. The number of pyridine rings is 1. The molecule has 1 aliphatic carbocycles. The van der Waals surface area contributed by atoms with E-state index in [0.29, 0.717) is 6.04 Å².